The van der Waals surface area contributed by atoms with Crippen molar-refractivity contribution < 1.29 is 4.74 Å². The molecule has 1 unspecified atom stereocenters. The van der Waals surface area contributed by atoms with Crippen LogP contribution in [0.5, 0.6) is 5.75 Å². The van der Waals surface area contributed by atoms with Gasteiger partial charge in [0.1, 0.15) is 10.8 Å². The second kappa shape index (κ2) is 6.16. The van der Waals surface area contributed by atoms with E-state index in [-0.39, 0.29) is 0 Å². The first-order chi connectivity index (χ1) is 8.72. The van der Waals surface area contributed by atoms with Crippen molar-refractivity contribution in [2.24, 2.45) is 0 Å². The highest BCUT2D eigenvalue weighted by molar-refractivity contribution is 7.18. The Kier molecular flexibility index (Phi) is 4.55. The molecule has 1 aromatic carbocycles. The Balaban J connectivity index is 2.11. The minimum absolute atomic E-state index is 0.538. The predicted molar refractivity (Wildman–Crippen MR) is 77.4 cm³/mol. The number of aromatic nitrogens is 1. The van der Waals surface area contributed by atoms with Crippen LogP contribution in [0, 0.1) is 0 Å². The summed E-state index contributed by atoms with van der Waals surface area (Å²) >= 11 is 1.74. The summed E-state index contributed by atoms with van der Waals surface area (Å²) in [5.74, 6) is 0.926. The Bertz CT molecular complexity index is 509. The first-order valence-electron chi connectivity index (χ1n) is 6.48. The Morgan fingerprint density at radius 2 is 2.22 bits per heavy atom. The van der Waals surface area contributed by atoms with Gasteiger partial charge in [-0.3, -0.25) is 0 Å². The first kappa shape index (κ1) is 13.3. The summed E-state index contributed by atoms with van der Waals surface area (Å²) in [5.41, 5.74) is 1.06. The van der Waals surface area contributed by atoms with Crippen molar-refractivity contribution in [3.8, 4) is 5.75 Å². The predicted octanol–water partition coefficient (Wildman–Crippen LogP) is 3.58. The minimum atomic E-state index is 0.538. The zero-order valence-electron chi connectivity index (χ0n) is 11.2. The molecule has 18 heavy (non-hydrogen) atoms. The van der Waals surface area contributed by atoms with Crippen LogP contribution in [0.15, 0.2) is 18.2 Å². The number of fused-ring (bicyclic) bond motifs is 1. The molecule has 1 heterocycles. The second-order valence-corrected chi connectivity index (χ2v) is 5.48. The van der Waals surface area contributed by atoms with Gasteiger partial charge in [0.2, 0.25) is 0 Å². The molecule has 1 N–H and O–H groups in total. The van der Waals surface area contributed by atoms with Gasteiger partial charge in [-0.15, -0.1) is 11.3 Å². The number of nitrogens with zero attached hydrogens (tertiary/aromatic N) is 1. The van der Waals surface area contributed by atoms with Crippen LogP contribution in [0.25, 0.3) is 10.2 Å². The molecule has 0 bridgehead atoms. The molecule has 0 radical (unpaired) electrons. The van der Waals surface area contributed by atoms with Crippen molar-refractivity contribution >= 4 is 21.6 Å². The summed E-state index contributed by atoms with van der Waals surface area (Å²) in [5, 5.41) is 4.60. The molecular weight excluding hydrogens is 244 g/mol. The average Bonchev–Trinajstić information content (AvgIpc) is 2.78. The highest BCUT2D eigenvalue weighted by Gasteiger charge is 2.06. The molecule has 2 rings (SSSR count). The highest BCUT2D eigenvalue weighted by Crippen LogP contribution is 2.26. The molecule has 2 aromatic rings. The van der Waals surface area contributed by atoms with Crippen LogP contribution >= 0.6 is 11.3 Å². The van der Waals surface area contributed by atoms with Crippen LogP contribution < -0.4 is 10.1 Å². The van der Waals surface area contributed by atoms with Crippen molar-refractivity contribution in [3.63, 3.8) is 0 Å². The van der Waals surface area contributed by atoms with E-state index in [0.29, 0.717) is 12.6 Å². The van der Waals surface area contributed by atoms with E-state index in [0.717, 1.165) is 29.2 Å². The molecular formula is C14H20N2OS. The number of nitrogens with one attached hydrogen (secondary N) is 1. The van der Waals surface area contributed by atoms with Gasteiger partial charge in [0.05, 0.1) is 16.8 Å². The zero-order valence-corrected chi connectivity index (χ0v) is 12.0. The molecule has 0 saturated carbocycles. The maximum Gasteiger partial charge on any atom is 0.120 e. The average molecular weight is 264 g/mol. The van der Waals surface area contributed by atoms with Crippen LogP contribution in [0.1, 0.15) is 32.2 Å². The second-order valence-electron chi connectivity index (χ2n) is 4.36. The van der Waals surface area contributed by atoms with Gasteiger partial charge in [-0.2, -0.15) is 0 Å². The van der Waals surface area contributed by atoms with E-state index in [1.807, 2.05) is 19.1 Å². The number of thiazole rings is 1. The molecule has 1 aromatic heterocycles. The summed E-state index contributed by atoms with van der Waals surface area (Å²) in [6, 6.07) is 6.63. The minimum Gasteiger partial charge on any atom is -0.494 e. The Morgan fingerprint density at radius 1 is 1.39 bits per heavy atom. The lowest BCUT2D eigenvalue weighted by Gasteiger charge is -2.08. The topological polar surface area (TPSA) is 34.1 Å². The van der Waals surface area contributed by atoms with Crippen LogP contribution in [0.2, 0.25) is 0 Å². The van der Waals surface area contributed by atoms with Gasteiger partial charge in [-0.25, -0.2) is 4.98 Å². The van der Waals surface area contributed by atoms with Gasteiger partial charge in [0.25, 0.3) is 0 Å². The summed E-state index contributed by atoms with van der Waals surface area (Å²) in [4.78, 5) is 4.62. The SMILES string of the molecule is CCOc1ccc2nc(CNC(C)CC)sc2c1. The zero-order chi connectivity index (χ0) is 13.0. The van der Waals surface area contributed by atoms with E-state index in [1.165, 1.54) is 4.70 Å². The number of hydrogen-bond acceptors (Lipinski definition) is 4. The largest absolute Gasteiger partial charge is 0.494 e. The van der Waals surface area contributed by atoms with E-state index in [2.05, 4.69) is 30.2 Å². The molecule has 1 atom stereocenters. The number of rotatable bonds is 6. The molecule has 3 nitrogen and oxygen atoms in total. The third-order valence-electron chi connectivity index (χ3n) is 2.93. The summed E-state index contributed by atoms with van der Waals surface area (Å²) in [7, 11) is 0. The van der Waals surface area contributed by atoms with Crippen molar-refractivity contribution in [1.29, 1.82) is 0 Å². The van der Waals surface area contributed by atoms with Crippen LogP contribution in [-0.2, 0) is 6.54 Å². The molecule has 98 valence electrons. The third-order valence-corrected chi connectivity index (χ3v) is 3.95. The van der Waals surface area contributed by atoms with E-state index in [9.17, 15) is 0 Å². The van der Waals surface area contributed by atoms with Gasteiger partial charge in [0.15, 0.2) is 0 Å². The summed E-state index contributed by atoms with van der Waals surface area (Å²) in [6.07, 6.45) is 1.14. The molecule has 0 aliphatic heterocycles. The maximum absolute atomic E-state index is 5.50. The van der Waals surface area contributed by atoms with E-state index >= 15 is 0 Å². The lowest BCUT2D eigenvalue weighted by molar-refractivity contribution is 0.341. The van der Waals surface area contributed by atoms with E-state index in [1.54, 1.807) is 11.3 Å². The Hall–Kier alpha value is -1.13. The third kappa shape index (κ3) is 3.21. The lowest BCUT2D eigenvalue weighted by atomic mass is 10.3. The Morgan fingerprint density at radius 3 is 2.94 bits per heavy atom. The van der Waals surface area contributed by atoms with E-state index < -0.39 is 0 Å². The van der Waals surface area contributed by atoms with Crippen molar-refractivity contribution in [2.45, 2.75) is 39.8 Å². The molecule has 4 heteroatoms. The Labute approximate surface area is 112 Å². The van der Waals surface area contributed by atoms with Crippen molar-refractivity contribution in [3.05, 3.63) is 23.2 Å². The normalized spacial score (nSPS) is 12.8. The maximum atomic E-state index is 5.50. The molecule has 0 saturated heterocycles. The van der Waals surface area contributed by atoms with Crippen molar-refractivity contribution in [1.82, 2.24) is 10.3 Å². The van der Waals surface area contributed by atoms with Gasteiger partial charge in [-0.05, 0) is 38.5 Å². The summed E-state index contributed by atoms with van der Waals surface area (Å²) in [6.45, 7) is 7.92. The smallest absolute Gasteiger partial charge is 0.120 e. The van der Waals surface area contributed by atoms with Crippen molar-refractivity contribution in [2.75, 3.05) is 6.61 Å². The van der Waals surface area contributed by atoms with Gasteiger partial charge < -0.3 is 10.1 Å². The standard InChI is InChI=1S/C14H20N2OS/c1-4-10(3)15-9-14-16-12-7-6-11(17-5-2)8-13(12)18-14/h6-8,10,15H,4-5,9H2,1-3H3. The van der Waals surface area contributed by atoms with Gasteiger partial charge in [-0.1, -0.05) is 6.92 Å². The van der Waals surface area contributed by atoms with Crippen LogP contribution in [0.4, 0.5) is 0 Å². The number of benzene rings is 1. The van der Waals surface area contributed by atoms with Crippen LogP contribution in [0.3, 0.4) is 0 Å². The number of ether oxygens (including phenoxy) is 1. The molecule has 0 amide bonds. The molecule has 0 aliphatic rings. The number of hydrogen-bond donors (Lipinski definition) is 1. The molecule has 0 aliphatic carbocycles. The fourth-order valence-electron chi connectivity index (χ4n) is 1.69. The summed E-state index contributed by atoms with van der Waals surface area (Å²) < 4.78 is 6.70. The highest BCUT2D eigenvalue weighted by atomic mass is 32.1. The molecule has 0 fully saturated rings. The lowest BCUT2D eigenvalue weighted by Crippen LogP contribution is -2.24. The van der Waals surface area contributed by atoms with Gasteiger partial charge in [0, 0.05) is 12.6 Å². The molecule has 0 spiro atoms. The fourth-order valence-corrected chi connectivity index (χ4v) is 2.64. The van der Waals surface area contributed by atoms with Crippen LogP contribution in [-0.4, -0.2) is 17.6 Å². The van der Waals surface area contributed by atoms with Gasteiger partial charge >= 0.3 is 0 Å². The monoisotopic (exact) mass is 264 g/mol. The van der Waals surface area contributed by atoms with E-state index in [4.69, 9.17) is 4.74 Å². The first-order valence-corrected chi connectivity index (χ1v) is 7.30. The quantitative estimate of drug-likeness (QED) is 0.866. The fraction of sp³-hybridized carbons (Fsp3) is 0.500.